The predicted molar refractivity (Wildman–Crippen MR) is 85.0 cm³/mol. The monoisotopic (exact) mass is 401 g/mol. The number of hydrogen-bond acceptors (Lipinski definition) is 2. The molecule has 0 bridgehead atoms. The molecule has 2 atom stereocenters. The summed E-state index contributed by atoms with van der Waals surface area (Å²) in [4.78, 5) is 0. The number of aliphatic hydroxyl groups excluding tert-OH is 1. The Kier molecular flexibility index (Phi) is 5.32. The second kappa shape index (κ2) is 6.80. The van der Waals surface area contributed by atoms with E-state index in [4.69, 9.17) is 5.73 Å². The summed E-state index contributed by atoms with van der Waals surface area (Å²) in [5, 5.41) is 10.5. The highest BCUT2D eigenvalue weighted by atomic mass is 79.9. The summed E-state index contributed by atoms with van der Waals surface area (Å²) in [5.74, 6) is -0.815. The van der Waals surface area contributed by atoms with Crippen LogP contribution in [0.25, 0.3) is 0 Å². The summed E-state index contributed by atoms with van der Waals surface area (Å²) in [6.07, 6.45) is -0.994. The maximum Gasteiger partial charge on any atom is 0.143 e. The Labute approximate surface area is 134 Å². The van der Waals surface area contributed by atoms with Crippen molar-refractivity contribution in [2.45, 2.75) is 12.0 Å². The highest BCUT2D eigenvalue weighted by molar-refractivity contribution is 9.10. The topological polar surface area (TPSA) is 46.2 Å². The van der Waals surface area contributed by atoms with Crippen molar-refractivity contribution in [3.8, 4) is 0 Å². The zero-order valence-electron chi connectivity index (χ0n) is 10.6. The third-order valence-corrected chi connectivity index (χ3v) is 4.32. The molecule has 0 saturated heterocycles. The highest BCUT2D eigenvalue weighted by Crippen LogP contribution is 2.34. The van der Waals surface area contributed by atoms with E-state index < -0.39 is 11.9 Å². The van der Waals surface area contributed by atoms with Gasteiger partial charge in [-0.3, -0.25) is 0 Å². The van der Waals surface area contributed by atoms with Crippen LogP contribution in [-0.4, -0.2) is 11.7 Å². The second-order valence-electron chi connectivity index (χ2n) is 4.49. The van der Waals surface area contributed by atoms with Gasteiger partial charge in [0.15, 0.2) is 0 Å². The van der Waals surface area contributed by atoms with E-state index in [0.717, 1.165) is 10.0 Å². The van der Waals surface area contributed by atoms with Crippen LogP contribution in [0, 0.1) is 5.82 Å². The molecular weight excluding hydrogens is 389 g/mol. The molecule has 0 aromatic heterocycles. The third-order valence-electron chi connectivity index (χ3n) is 3.21. The average Bonchev–Trinajstić information content (AvgIpc) is 2.42. The molecule has 0 aliphatic heterocycles. The molecule has 0 spiro atoms. The van der Waals surface area contributed by atoms with E-state index in [1.165, 1.54) is 0 Å². The number of hydrogen-bond donors (Lipinski definition) is 2. The Balaban J connectivity index is 2.39. The number of benzene rings is 2. The van der Waals surface area contributed by atoms with Gasteiger partial charge in [0.2, 0.25) is 0 Å². The van der Waals surface area contributed by atoms with Crippen LogP contribution in [0.3, 0.4) is 0 Å². The van der Waals surface area contributed by atoms with Crippen LogP contribution in [0.1, 0.15) is 23.1 Å². The van der Waals surface area contributed by atoms with Gasteiger partial charge in [-0.1, -0.05) is 40.2 Å². The van der Waals surface area contributed by atoms with Crippen molar-refractivity contribution in [3.63, 3.8) is 0 Å². The van der Waals surface area contributed by atoms with Crippen molar-refractivity contribution < 1.29 is 9.50 Å². The Bertz CT molecular complexity index is 606. The highest BCUT2D eigenvalue weighted by Gasteiger charge is 2.25. The third kappa shape index (κ3) is 3.28. The molecule has 3 N–H and O–H groups in total. The Hall–Kier alpha value is -0.750. The lowest BCUT2D eigenvalue weighted by Crippen LogP contribution is -2.21. The van der Waals surface area contributed by atoms with Crippen LogP contribution in [0.15, 0.2) is 51.4 Å². The number of nitrogens with two attached hydrogens (primary N) is 1. The van der Waals surface area contributed by atoms with Crippen molar-refractivity contribution in [3.05, 3.63) is 68.4 Å². The molecule has 0 aliphatic carbocycles. The fourth-order valence-electron chi connectivity index (χ4n) is 2.15. The molecule has 0 saturated carbocycles. The normalized spacial score (nSPS) is 14.1. The fourth-order valence-corrected chi connectivity index (χ4v) is 2.95. The zero-order valence-corrected chi connectivity index (χ0v) is 13.7. The molecule has 2 nitrogen and oxygen atoms in total. The van der Waals surface area contributed by atoms with Gasteiger partial charge in [-0.05, 0) is 39.7 Å². The SMILES string of the molecule is NCC(c1cccc(Br)c1)C(O)c1cccc(Br)c1F. The summed E-state index contributed by atoms with van der Waals surface area (Å²) < 4.78 is 15.3. The number of halogens is 3. The maximum absolute atomic E-state index is 14.1. The molecule has 106 valence electrons. The molecular formula is C15H14Br2FNO. The van der Waals surface area contributed by atoms with Crippen LogP contribution in [0.2, 0.25) is 0 Å². The minimum absolute atomic E-state index is 0.226. The zero-order chi connectivity index (χ0) is 14.7. The van der Waals surface area contributed by atoms with Gasteiger partial charge in [0.25, 0.3) is 0 Å². The van der Waals surface area contributed by atoms with E-state index in [1.807, 2.05) is 24.3 Å². The summed E-state index contributed by atoms with van der Waals surface area (Å²) in [6.45, 7) is 0.226. The van der Waals surface area contributed by atoms with Gasteiger partial charge >= 0.3 is 0 Å². The van der Waals surface area contributed by atoms with Crippen molar-refractivity contribution in [1.82, 2.24) is 0 Å². The van der Waals surface area contributed by atoms with Gasteiger partial charge in [0.1, 0.15) is 5.82 Å². The second-order valence-corrected chi connectivity index (χ2v) is 6.26. The molecule has 2 rings (SSSR count). The molecule has 0 fully saturated rings. The average molecular weight is 403 g/mol. The van der Waals surface area contributed by atoms with Crippen molar-refractivity contribution in [1.29, 1.82) is 0 Å². The fraction of sp³-hybridized carbons (Fsp3) is 0.200. The first kappa shape index (κ1) is 15.6. The predicted octanol–water partition coefficient (Wildman–Crippen LogP) is 4.13. The first-order valence-electron chi connectivity index (χ1n) is 6.12. The van der Waals surface area contributed by atoms with Crippen LogP contribution in [0.4, 0.5) is 4.39 Å². The van der Waals surface area contributed by atoms with E-state index in [2.05, 4.69) is 31.9 Å². The van der Waals surface area contributed by atoms with Gasteiger partial charge < -0.3 is 10.8 Å². The van der Waals surface area contributed by atoms with Crippen LogP contribution >= 0.6 is 31.9 Å². The van der Waals surface area contributed by atoms with Crippen molar-refractivity contribution >= 4 is 31.9 Å². The van der Waals surface area contributed by atoms with Crippen LogP contribution in [0.5, 0.6) is 0 Å². The summed E-state index contributed by atoms with van der Waals surface area (Å²) >= 11 is 6.52. The summed E-state index contributed by atoms with van der Waals surface area (Å²) in [5.41, 5.74) is 6.89. The van der Waals surface area contributed by atoms with E-state index in [9.17, 15) is 9.50 Å². The van der Waals surface area contributed by atoms with Gasteiger partial charge in [0.05, 0.1) is 10.6 Å². The molecule has 20 heavy (non-hydrogen) atoms. The minimum Gasteiger partial charge on any atom is -0.388 e. The Morgan fingerprint density at radius 1 is 1.15 bits per heavy atom. The van der Waals surface area contributed by atoms with Gasteiger partial charge in [0, 0.05) is 22.5 Å². The maximum atomic E-state index is 14.1. The largest absolute Gasteiger partial charge is 0.388 e. The van der Waals surface area contributed by atoms with E-state index in [0.29, 0.717) is 4.47 Å². The lowest BCUT2D eigenvalue weighted by atomic mass is 9.89. The summed E-state index contributed by atoms with van der Waals surface area (Å²) in [6, 6.07) is 12.4. The molecule has 0 radical (unpaired) electrons. The standard InChI is InChI=1S/C15H14Br2FNO/c16-10-4-1-3-9(7-10)12(8-19)15(20)11-5-2-6-13(17)14(11)18/h1-7,12,15,20H,8,19H2. The number of aliphatic hydroxyl groups is 1. The molecule has 5 heteroatoms. The summed E-state index contributed by atoms with van der Waals surface area (Å²) in [7, 11) is 0. The quantitative estimate of drug-likeness (QED) is 0.807. The molecule has 0 heterocycles. The van der Waals surface area contributed by atoms with Gasteiger partial charge in [-0.15, -0.1) is 0 Å². The molecule has 0 aliphatic rings. The number of rotatable bonds is 4. The van der Waals surface area contributed by atoms with E-state index in [-0.39, 0.29) is 18.0 Å². The van der Waals surface area contributed by atoms with E-state index >= 15 is 0 Å². The van der Waals surface area contributed by atoms with Gasteiger partial charge in [-0.2, -0.15) is 0 Å². The lowest BCUT2D eigenvalue weighted by Gasteiger charge is -2.23. The van der Waals surface area contributed by atoms with E-state index in [1.54, 1.807) is 18.2 Å². The van der Waals surface area contributed by atoms with Crippen LogP contribution in [-0.2, 0) is 0 Å². The smallest absolute Gasteiger partial charge is 0.143 e. The Morgan fingerprint density at radius 3 is 2.50 bits per heavy atom. The van der Waals surface area contributed by atoms with Crippen molar-refractivity contribution in [2.24, 2.45) is 5.73 Å². The Morgan fingerprint density at radius 2 is 1.85 bits per heavy atom. The molecule has 2 unspecified atom stereocenters. The van der Waals surface area contributed by atoms with Crippen molar-refractivity contribution in [2.75, 3.05) is 6.54 Å². The molecule has 2 aromatic carbocycles. The molecule has 0 amide bonds. The first-order chi connectivity index (χ1) is 9.54. The first-order valence-corrected chi connectivity index (χ1v) is 7.70. The molecule has 2 aromatic rings. The lowest BCUT2D eigenvalue weighted by molar-refractivity contribution is 0.143. The minimum atomic E-state index is -0.994. The van der Waals surface area contributed by atoms with Gasteiger partial charge in [-0.25, -0.2) is 4.39 Å². The van der Waals surface area contributed by atoms with Crippen LogP contribution < -0.4 is 5.73 Å².